The predicted molar refractivity (Wildman–Crippen MR) is 95.2 cm³/mol. The Hall–Kier alpha value is -2.60. The van der Waals surface area contributed by atoms with Gasteiger partial charge in [0.05, 0.1) is 10.6 Å². The number of aromatic amines is 1. The van der Waals surface area contributed by atoms with E-state index in [4.69, 9.17) is 0 Å². The van der Waals surface area contributed by atoms with Gasteiger partial charge in [-0.1, -0.05) is 60.3 Å². The maximum Gasteiger partial charge on any atom is 0.273 e. The average Bonchev–Trinajstić information content (AvgIpc) is 2.94. The van der Waals surface area contributed by atoms with E-state index >= 15 is 0 Å². The highest BCUT2D eigenvalue weighted by molar-refractivity contribution is 7.98. The number of thioether (sulfide) groups is 1. The monoisotopic (exact) mass is 339 g/mol. The number of aryl methyl sites for hydroxylation is 1. The van der Waals surface area contributed by atoms with Gasteiger partial charge in [0.2, 0.25) is 0 Å². The number of imidazole rings is 1. The molecule has 0 saturated carbocycles. The van der Waals surface area contributed by atoms with E-state index in [1.54, 1.807) is 12.1 Å². The quantitative estimate of drug-likeness (QED) is 0.407. The number of para-hydroxylation sites is 1. The lowest BCUT2D eigenvalue weighted by Gasteiger charge is -2.01. The molecule has 0 fully saturated rings. The Balaban J connectivity index is 1.71. The predicted octanol–water partition coefficient (Wildman–Crippen LogP) is 4.51. The lowest BCUT2D eigenvalue weighted by atomic mass is 10.1. The fourth-order valence-electron chi connectivity index (χ4n) is 2.45. The summed E-state index contributed by atoms with van der Waals surface area (Å²) in [6, 6.07) is 17.0. The smallest absolute Gasteiger partial charge is 0.273 e. The Morgan fingerprint density at radius 1 is 1.12 bits per heavy atom. The molecule has 1 aromatic heterocycles. The van der Waals surface area contributed by atoms with Gasteiger partial charge in [-0.05, 0) is 12.5 Å². The van der Waals surface area contributed by atoms with Gasteiger partial charge in [0.25, 0.3) is 5.69 Å². The van der Waals surface area contributed by atoms with Crippen LogP contribution in [0.4, 0.5) is 5.69 Å². The molecule has 2 aromatic carbocycles. The van der Waals surface area contributed by atoms with Crippen LogP contribution in [0, 0.1) is 17.0 Å². The third-order valence-corrected chi connectivity index (χ3v) is 4.65. The maximum atomic E-state index is 11.1. The third-order valence-electron chi connectivity index (χ3n) is 3.73. The number of hydrogen-bond acceptors (Lipinski definition) is 4. The molecule has 1 heterocycles. The van der Waals surface area contributed by atoms with Crippen LogP contribution in [-0.4, -0.2) is 14.9 Å². The second-order valence-electron chi connectivity index (χ2n) is 5.45. The molecule has 0 atom stereocenters. The topological polar surface area (TPSA) is 71.8 Å². The molecule has 0 saturated heterocycles. The number of H-pyrrole nitrogens is 1. The van der Waals surface area contributed by atoms with E-state index in [9.17, 15) is 10.1 Å². The van der Waals surface area contributed by atoms with E-state index in [2.05, 4.69) is 22.1 Å². The van der Waals surface area contributed by atoms with Gasteiger partial charge in [0.1, 0.15) is 0 Å². The van der Waals surface area contributed by atoms with Gasteiger partial charge in [-0.3, -0.25) is 10.1 Å². The van der Waals surface area contributed by atoms with E-state index in [-0.39, 0.29) is 10.6 Å². The first-order chi connectivity index (χ1) is 11.6. The molecule has 5 nitrogen and oxygen atoms in total. The molecule has 0 unspecified atom stereocenters. The van der Waals surface area contributed by atoms with Crippen molar-refractivity contribution < 1.29 is 4.92 Å². The van der Waals surface area contributed by atoms with Crippen LogP contribution < -0.4 is 0 Å². The van der Waals surface area contributed by atoms with E-state index in [1.165, 1.54) is 23.4 Å². The molecular weight excluding hydrogens is 322 g/mol. The zero-order chi connectivity index (χ0) is 16.9. The van der Waals surface area contributed by atoms with Crippen molar-refractivity contribution in [3.05, 3.63) is 87.2 Å². The summed E-state index contributed by atoms with van der Waals surface area (Å²) in [5.74, 6) is 0.509. The van der Waals surface area contributed by atoms with Crippen molar-refractivity contribution in [2.45, 2.75) is 24.3 Å². The van der Waals surface area contributed by atoms with Gasteiger partial charge < -0.3 is 4.98 Å². The summed E-state index contributed by atoms with van der Waals surface area (Å²) in [4.78, 5) is 18.6. The summed E-state index contributed by atoms with van der Waals surface area (Å²) >= 11 is 1.48. The minimum Gasteiger partial charge on any atom is -0.337 e. The minimum atomic E-state index is -0.343. The van der Waals surface area contributed by atoms with E-state index in [1.807, 2.05) is 31.2 Å². The fraction of sp³-hybridized carbons (Fsp3) is 0.167. The first-order valence-electron chi connectivity index (χ1n) is 7.58. The summed E-state index contributed by atoms with van der Waals surface area (Å²) in [5.41, 5.74) is 4.10. The largest absolute Gasteiger partial charge is 0.337 e. The zero-order valence-corrected chi connectivity index (χ0v) is 14.0. The molecular formula is C18H17N3O2S. The molecule has 0 radical (unpaired) electrons. The van der Waals surface area contributed by atoms with E-state index in [0.29, 0.717) is 11.3 Å². The normalized spacial score (nSPS) is 10.7. The molecule has 3 aromatic rings. The van der Waals surface area contributed by atoms with Crippen LogP contribution in [0.2, 0.25) is 0 Å². The minimum absolute atomic E-state index is 0.151. The van der Waals surface area contributed by atoms with E-state index < -0.39 is 0 Å². The van der Waals surface area contributed by atoms with Crippen molar-refractivity contribution in [3.8, 4) is 0 Å². The Morgan fingerprint density at radius 3 is 2.58 bits per heavy atom. The van der Waals surface area contributed by atoms with Crippen LogP contribution in [0.15, 0.2) is 59.8 Å². The van der Waals surface area contributed by atoms with Gasteiger partial charge in [0.15, 0.2) is 5.16 Å². The van der Waals surface area contributed by atoms with Gasteiger partial charge in [-0.25, -0.2) is 4.98 Å². The number of nitrogens with one attached hydrogen (secondary N) is 1. The Bertz CT molecular complexity index is 846. The van der Waals surface area contributed by atoms with Gasteiger partial charge in [0, 0.05) is 29.5 Å². The lowest BCUT2D eigenvalue weighted by Crippen LogP contribution is -1.93. The molecule has 24 heavy (non-hydrogen) atoms. The number of nitro benzene ring substituents is 1. The second kappa shape index (κ2) is 7.31. The number of rotatable bonds is 6. The number of nitrogens with zero attached hydrogens (tertiary/aromatic N) is 2. The Morgan fingerprint density at radius 2 is 1.83 bits per heavy atom. The average molecular weight is 339 g/mol. The van der Waals surface area contributed by atoms with Crippen LogP contribution in [0.5, 0.6) is 0 Å². The van der Waals surface area contributed by atoms with Crippen molar-refractivity contribution in [2.24, 2.45) is 0 Å². The molecule has 3 rings (SSSR count). The summed E-state index contributed by atoms with van der Waals surface area (Å²) in [6.07, 6.45) is 0.773. The highest BCUT2D eigenvalue weighted by atomic mass is 32.2. The number of benzene rings is 2. The van der Waals surface area contributed by atoms with Crippen LogP contribution in [0.1, 0.15) is 22.5 Å². The first kappa shape index (κ1) is 16.3. The van der Waals surface area contributed by atoms with Crippen LogP contribution >= 0.6 is 11.8 Å². The van der Waals surface area contributed by atoms with Crippen molar-refractivity contribution in [1.29, 1.82) is 0 Å². The van der Waals surface area contributed by atoms with Crippen molar-refractivity contribution in [3.63, 3.8) is 0 Å². The number of hydrogen-bond donors (Lipinski definition) is 1. The molecule has 6 heteroatoms. The molecule has 0 bridgehead atoms. The zero-order valence-electron chi connectivity index (χ0n) is 13.2. The summed E-state index contributed by atoms with van der Waals surface area (Å²) < 4.78 is 0. The Kier molecular flexibility index (Phi) is 4.96. The number of aromatic nitrogens is 2. The standard InChI is InChI=1S/C18H17N3O2S/c1-13-16(11-14-7-3-2-4-8-14)20-18(19-13)24-12-15-9-5-6-10-17(15)21(22)23/h2-10H,11-12H2,1H3,(H,19,20). The van der Waals surface area contributed by atoms with E-state index in [0.717, 1.165) is 23.0 Å². The van der Waals surface area contributed by atoms with Crippen molar-refractivity contribution in [2.75, 3.05) is 0 Å². The van der Waals surface area contributed by atoms with Gasteiger partial charge in [-0.15, -0.1) is 0 Å². The summed E-state index contributed by atoms with van der Waals surface area (Å²) in [6.45, 7) is 2.00. The van der Waals surface area contributed by atoms with Crippen molar-refractivity contribution in [1.82, 2.24) is 9.97 Å². The molecule has 0 aliphatic heterocycles. The van der Waals surface area contributed by atoms with Crippen molar-refractivity contribution >= 4 is 17.4 Å². The van der Waals surface area contributed by atoms with Gasteiger partial charge in [-0.2, -0.15) is 0 Å². The maximum absolute atomic E-state index is 11.1. The first-order valence-corrected chi connectivity index (χ1v) is 8.56. The molecule has 1 N–H and O–H groups in total. The van der Waals surface area contributed by atoms with Crippen LogP contribution in [0.3, 0.4) is 0 Å². The molecule has 0 amide bonds. The fourth-order valence-corrected chi connectivity index (χ4v) is 3.39. The molecule has 122 valence electrons. The number of nitro groups is 1. The van der Waals surface area contributed by atoms with Gasteiger partial charge >= 0.3 is 0 Å². The Labute approximate surface area is 144 Å². The third kappa shape index (κ3) is 3.83. The van der Waals surface area contributed by atoms with Crippen LogP contribution in [-0.2, 0) is 12.2 Å². The summed E-state index contributed by atoms with van der Waals surface area (Å²) in [7, 11) is 0. The molecule has 0 spiro atoms. The lowest BCUT2D eigenvalue weighted by molar-refractivity contribution is -0.385. The highest BCUT2D eigenvalue weighted by Gasteiger charge is 2.14. The molecule has 0 aliphatic rings. The highest BCUT2D eigenvalue weighted by Crippen LogP contribution is 2.27. The summed E-state index contributed by atoms with van der Waals surface area (Å²) in [5, 5.41) is 11.9. The SMILES string of the molecule is Cc1[nH]c(SCc2ccccc2[N+](=O)[O-])nc1Cc1ccccc1. The van der Waals surface area contributed by atoms with Crippen LogP contribution in [0.25, 0.3) is 0 Å². The second-order valence-corrected chi connectivity index (χ2v) is 6.41. The molecule has 0 aliphatic carbocycles.